The van der Waals surface area contributed by atoms with E-state index < -0.39 is 0 Å². The quantitative estimate of drug-likeness (QED) is 0.854. The molecule has 2 amide bonds. The predicted octanol–water partition coefficient (Wildman–Crippen LogP) is 2.07. The molecule has 2 atom stereocenters. The highest BCUT2D eigenvalue weighted by Crippen LogP contribution is 2.37. The number of nitrogens with one attached hydrogen (secondary N) is 1. The second-order valence-corrected chi connectivity index (χ2v) is 8.67. The number of amides is 2. The van der Waals surface area contributed by atoms with Gasteiger partial charge >= 0.3 is 0 Å². The van der Waals surface area contributed by atoms with Crippen LogP contribution < -0.4 is 5.32 Å². The lowest BCUT2D eigenvalue weighted by atomic mass is 9.86. The van der Waals surface area contributed by atoms with Crippen molar-refractivity contribution in [3.05, 3.63) is 34.9 Å². The standard InChI is InChI=1S/C18H22ClN3O2S/c19-14-3-1-13(2-4-14)16(23)22-12-25-9-15(22)17(24)21-8-6-18(11-21)5-7-20-10-18/h1-4,15,20H,5-12H2. The summed E-state index contributed by atoms with van der Waals surface area (Å²) >= 11 is 7.55. The van der Waals surface area contributed by atoms with Gasteiger partial charge in [-0.25, -0.2) is 0 Å². The SMILES string of the molecule is O=C(C1CSCN1C(=O)c1ccc(Cl)cc1)N1CCC2(CCNC2)C1. The molecule has 25 heavy (non-hydrogen) atoms. The lowest BCUT2D eigenvalue weighted by Gasteiger charge is -2.28. The van der Waals surface area contributed by atoms with Gasteiger partial charge < -0.3 is 15.1 Å². The summed E-state index contributed by atoms with van der Waals surface area (Å²) < 4.78 is 0. The van der Waals surface area contributed by atoms with Gasteiger partial charge in [0.05, 0.1) is 5.88 Å². The average molecular weight is 380 g/mol. The molecule has 3 heterocycles. The Bertz CT molecular complexity index is 675. The number of thioether (sulfide) groups is 1. The van der Waals surface area contributed by atoms with Crippen molar-refractivity contribution in [3.8, 4) is 0 Å². The van der Waals surface area contributed by atoms with Gasteiger partial charge in [-0.05, 0) is 43.7 Å². The molecule has 3 aliphatic heterocycles. The van der Waals surface area contributed by atoms with Crippen molar-refractivity contribution in [1.29, 1.82) is 0 Å². The Hall–Kier alpha value is -1.24. The zero-order chi connectivity index (χ0) is 17.4. The molecule has 0 radical (unpaired) electrons. The molecule has 0 bridgehead atoms. The minimum atomic E-state index is -0.349. The third-order valence-electron chi connectivity index (χ3n) is 5.60. The van der Waals surface area contributed by atoms with Crippen LogP contribution in [-0.4, -0.2) is 65.5 Å². The zero-order valence-corrected chi connectivity index (χ0v) is 15.6. The second-order valence-electron chi connectivity index (χ2n) is 7.23. The Balaban J connectivity index is 1.46. The van der Waals surface area contributed by atoms with E-state index in [0.717, 1.165) is 39.0 Å². The van der Waals surface area contributed by atoms with Gasteiger partial charge in [0.2, 0.25) is 5.91 Å². The normalized spacial score (nSPS) is 28.9. The molecule has 1 aromatic carbocycles. The molecule has 1 spiro atoms. The molecule has 3 saturated heterocycles. The van der Waals surface area contributed by atoms with E-state index in [0.29, 0.717) is 22.2 Å². The molecule has 3 fully saturated rings. The van der Waals surface area contributed by atoms with E-state index >= 15 is 0 Å². The van der Waals surface area contributed by atoms with Crippen LogP contribution >= 0.6 is 23.4 Å². The van der Waals surface area contributed by atoms with Crippen LogP contribution in [0.15, 0.2) is 24.3 Å². The molecule has 0 saturated carbocycles. The first-order valence-corrected chi connectivity index (χ1v) is 10.3. The molecule has 7 heteroatoms. The van der Waals surface area contributed by atoms with Crippen LogP contribution in [0.2, 0.25) is 5.02 Å². The molecule has 0 aliphatic carbocycles. The fraction of sp³-hybridized carbons (Fsp3) is 0.556. The molecular weight excluding hydrogens is 358 g/mol. The van der Waals surface area contributed by atoms with Crippen molar-refractivity contribution in [3.63, 3.8) is 0 Å². The van der Waals surface area contributed by atoms with Gasteiger partial charge in [0, 0.05) is 41.4 Å². The maximum Gasteiger partial charge on any atom is 0.255 e. The number of halogens is 1. The number of carbonyl (C=O) groups is 2. The first-order valence-electron chi connectivity index (χ1n) is 8.72. The molecule has 4 rings (SSSR count). The molecule has 3 aliphatic rings. The number of rotatable bonds is 2. The van der Waals surface area contributed by atoms with Crippen LogP contribution in [0.3, 0.4) is 0 Å². The minimum absolute atomic E-state index is 0.0866. The lowest BCUT2D eigenvalue weighted by Crippen LogP contribution is -2.49. The summed E-state index contributed by atoms with van der Waals surface area (Å²) in [5.41, 5.74) is 0.842. The number of hydrogen-bond acceptors (Lipinski definition) is 4. The topological polar surface area (TPSA) is 52.7 Å². The third-order valence-corrected chi connectivity index (χ3v) is 6.87. The summed E-state index contributed by atoms with van der Waals surface area (Å²) in [5.74, 6) is 1.27. The molecule has 0 aromatic heterocycles. The maximum absolute atomic E-state index is 13.1. The lowest BCUT2D eigenvalue weighted by molar-refractivity contribution is -0.134. The van der Waals surface area contributed by atoms with Crippen molar-refractivity contribution in [1.82, 2.24) is 15.1 Å². The van der Waals surface area contributed by atoms with Crippen LogP contribution in [0.5, 0.6) is 0 Å². The fourth-order valence-electron chi connectivity index (χ4n) is 4.08. The summed E-state index contributed by atoms with van der Waals surface area (Å²) in [6.45, 7) is 3.68. The Labute approximate surface area is 157 Å². The van der Waals surface area contributed by atoms with Gasteiger partial charge in [-0.1, -0.05) is 11.6 Å². The highest BCUT2D eigenvalue weighted by atomic mass is 35.5. The summed E-state index contributed by atoms with van der Waals surface area (Å²) in [4.78, 5) is 29.6. The maximum atomic E-state index is 13.1. The Morgan fingerprint density at radius 2 is 2.04 bits per heavy atom. The Kier molecular flexibility index (Phi) is 4.69. The van der Waals surface area contributed by atoms with Crippen LogP contribution in [0.1, 0.15) is 23.2 Å². The van der Waals surface area contributed by atoms with Crippen LogP contribution in [0.4, 0.5) is 0 Å². The van der Waals surface area contributed by atoms with Crippen LogP contribution in [0.25, 0.3) is 0 Å². The highest BCUT2D eigenvalue weighted by Gasteiger charge is 2.45. The van der Waals surface area contributed by atoms with E-state index in [1.54, 1.807) is 40.9 Å². The molecule has 134 valence electrons. The van der Waals surface area contributed by atoms with Crippen molar-refractivity contribution >= 4 is 35.2 Å². The van der Waals surface area contributed by atoms with Crippen molar-refractivity contribution < 1.29 is 9.59 Å². The van der Waals surface area contributed by atoms with Crippen LogP contribution in [0, 0.1) is 5.41 Å². The Morgan fingerprint density at radius 3 is 2.76 bits per heavy atom. The smallest absolute Gasteiger partial charge is 0.255 e. The summed E-state index contributed by atoms with van der Waals surface area (Å²) in [7, 11) is 0. The van der Waals surface area contributed by atoms with Gasteiger partial charge in [-0.2, -0.15) is 0 Å². The minimum Gasteiger partial charge on any atom is -0.340 e. The number of likely N-dealkylation sites (tertiary alicyclic amines) is 1. The summed E-state index contributed by atoms with van der Waals surface area (Å²) in [6, 6.07) is 6.53. The fourth-order valence-corrected chi connectivity index (χ4v) is 5.35. The van der Waals surface area contributed by atoms with Gasteiger partial charge in [-0.3, -0.25) is 9.59 Å². The van der Waals surface area contributed by atoms with E-state index in [2.05, 4.69) is 5.32 Å². The van der Waals surface area contributed by atoms with E-state index in [-0.39, 0.29) is 23.3 Å². The Morgan fingerprint density at radius 1 is 1.24 bits per heavy atom. The molecule has 2 unspecified atom stereocenters. The number of benzene rings is 1. The average Bonchev–Trinajstić information content (AvgIpc) is 3.36. The van der Waals surface area contributed by atoms with Crippen molar-refractivity contribution in [2.45, 2.75) is 18.9 Å². The highest BCUT2D eigenvalue weighted by molar-refractivity contribution is 7.99. The van der Waals surface area contributed by atoms with Crippen LogP contribution in [-0.2, 0) is 4.79 Å². The summed E-state index contributed by atoms with van der Waals surface area (Å²) in [5, 5.41) is 4.02. The number of hydrogen-bond donors (Lipinski definition) is 1. The summed E-state index contributed by atoms with van der Waals surface area (Å²) in [6.07, 6.45) is 2.21. The predicted molar refractivity (Wildman–Crippen MR) is 99.9 cm³/mol. The van der Waals surface area contributed by atoms with Gasteiger partial charge in [0.15, 0.2) is 0 Å². The third kappa shape index (κ3) is 3.27. The van der Waals surface area contributed by atoms with E-state index in [4.69, 9.17) is 11.6 Å². The van der Waals surface area contributed by atoms with E-state index in [1.807, 2.05) is 4.90 Å². The van der Waals surface area contributed by atoms with E-state index in [9.17, 15) is 9.59 Å². The first-order chi connectivity index (χ1) is 12.1. The number of nitrogens with zero attached hydrogens (tertiary/aromatic N) is 2. The molecule has 1 N–H and O–H groups in total. The molecular formula is C18H22ClN3O2S. The molecule has 1 aromatic rings. The van der Waals surface area contributed by atoms with Gasteiger partial charge in [0.1, 0.15) is 6.04 Å². The van der Waals surface area contributed by atoms with Gasteiger partial charge in [-0.15, -0.1) is 11.8 Å². The van der Waals surface area contributed by atoms with Crippen molar-refractivity contribution in [2.75, 3.05) is 37.8 Å². The molecule has 5 nitrogen and oxygen atoms in total. The second kappa shape index (κ2) is 6.82. The first kappa shape index (κ1) is 17.2. The van der Waals surface area contributed by atoms with Gasteiger partial charge in [0.25, 0.3) is 5.91 Å². The van der Waals surface area contributed by atoms with E-state index in [1.165, 1.54) is 0 Å². The zero-order valence-electron chi connectivity index (χ0n) is 14.0. The number of carbonyl (C=O) groups excluding carboxylic acids is 2. The monoisotopic (exact) mass is 379 g/mol. The largest absolute Gasteiger partial charge is 0.340 e. The van der Waals surface area contributed by atoms with Crippen molar-refractivity contribution in [2.24, 2.45) is 5.41 Å².